The van der Waals surface area contributed by atoms with E-state index in [2.05, 4.69) is 31.3 Å². The van der Waals surface area contributed by atoms with E-state index in [-0.39, 0.29) is 0 Å². The first-order valence-electron chi connectivity index (χ1n) is 6.77. The van der Waals surface area contributed by atoms with Gasteiger partial charge in [-0.15, -0.1) is 0 Å². The molecule has 0 aliphatic heterocycles. The van der Waals surface area contributed by atoms with Gasteiger partial charge in [-0.3, -0.25) is 0 Å². The molecule has 3 heteroatoms. The van der Waals surface area contributed by atoms with Gasteiger partial charge in [0.05, 0.1) is 0 Å². The number of hydrogen-bond donors (Lipinski definition) is 1. The summed E-state index contributed by atoms with van der Waals surface area (Å²) in [5, 5.41) is 5.13. The van der Waals surface area contributed by atoms with Crippen LogP contribution < -0.4 is 5.32 Å². The molecule has 1 nitrogen and oxygen atoms in total. The molecule has 2 aromatic carbocycles. The fourth-order valence-corrected chi connectivity index (χ4v) is 2.67. The van der Waals surface area contributed by atoms with Gasteiger partial charge in [-0.1, -0.05) is 41.4 Å². The highest BCUT2D eigenvalue weighted by Gasteiger charge is 2.05. The van der Waals surface area contributed by atoms with Crippen LogP contribution in [0.25, 0.3) is 0 Å². The average molecular weight is 308 g/mol. The van der Waals surface area contributed by atoms with Crippen molar-refractivity contribution in [3.05, 3.63) is 69.2 Å². The predicted octanol–water partition coefficient (Wildman–Crippen LogP) is 5.02. The number of nitrogens with one attached hydrogen (secondary N) is 1. The van der Waals surface area contributed by atoms with E-state index in [0.29, 0.717) is 6.04 Å². The van der Waals surface area contributed by atoms with Gasteiger partial charge in [0.25, 0.3) is 0 Å². The molecule has 0 aliphatic rings. The molecule has 0 amide bonds. The fourth-order valence-electron chi connectivity index (χ4n) is 2.23. The molecule has 0 fully saturated rings. The molecule has 0 saturated heterocycles. The first kappa shape index (κ1) is 15.4. The first-order chi connectivity index (χ1) is 9.54. The number of hydrogen-bond acceptors (Lipinski definition) is 1. The molecule has 0 aliphatic carbocycles. The van der Waals surface area contributed by atoms with Gasteiger partial charge >= 0.3 is 0 Å². The average Bonchev–Trinajstić information content (AvgIpc) is 2.37. The maximum Gasteiger partial charge on any atom is 0.0408 e. The standard InChI is InChI=1S/C17H19Cl2N/c1-12-8-17(19)7-6-15(12)11-20-13(2)9-14-4-3-5-16(18)10-14/h3-8,10,13,20H,9,11H2,1-2H3. The lowest BCUT2D eigenvalue weighted by atomic mass is 10.1. The van der Waals surface area contributed by atoms with Gasteiger partial charge in [-0.2, -0.15) is 0 Å². The Morgan fingerprint density at radius 2 is 1.80 bits per heavy atom. The van der Waals surface area contributed by atoms with Crippen molar-refractivity contribution in [2.75, 3.05) is 0 Å². The summed E-state index contributed by atoms with van der Waals surface area (Å²) in [6.07, 6.45) is 0.965. The zero-order valence-corrected chi connectivity index (χ0v) is 13.3. The van der Waals surface area contributed by atoms with Crippen LogP contribution in [-0.4, -0.2) is 6.04 Å². The molecule has 106 valence electrons. The molecule has 0 aromatic heterocycles. The van der Waals surface area contributed by atoms with Crippen LogP contribution in [0, 0.1) is 6.92 Å². The lowest BCUT2D eigenvalue weighted by Crippen LogP contribution is -2.27. The van der Waals surface area contributed by atoms with Crippen LogP contribution in [0.1, 0.15) is 23.6 Å². The minimum absolute atomic E-state index is 0.392. The number of rotatable bonds is 5. The molecule has 20 heavy (non-hydrogen) atoms. The molecule has 2 aromatic rings. The summed E-state index contributed by atoms with van der Waals surface area (Å²) >= 11 is 12.0. The van der Waals surface area contributed by atoms with Crippen molar-refractivity contribution in [3.8, 4) is 0 Å². The van der Waals surface area contributed by atoms with Crippen LogP contribution >= 0.6 is 23.2 Å². The first-order valence-corrected chi connectivity index (χ1v) is 7.53. The van der Waals surface area contributed by atoms with Gasteiger partial charge in [-0.25, -0.2) is 0 Å². The third-order valence-electron chi connectivity index (χ3n) is 3.38. The van der Waals surface area contributed by atoms with Crippen molar-refractivity contribution in [2.45, 2.75) is 32.9 Å². The Labute approximate surface area is 130 Å². The summed E-state index contributed by atoms with van der Waals surface area (Å²) in [5.41, 5.74) is 3.76. The summed E-state index contributed by atoms with van der Waals surface area (Å²) < 4.78 is 0. The second kappa shape index (κ2) is 7.12. The van der Waals surface area contributed by atoms with Crippen molar-refractivity contribution in [1.82, 2.24) is 5.32 Å². The molecule has 0 radical (unpaired) electrons. The minimum Gasteiger partial charge on any atom is -0.310 e. The molecule has 2 rings (SSSR count). The van der Waals surface area contributed by atoms with Crippen LogP contribution in [0.5, 0.6) is 0 Å². The normalized spacial score (nSPS) is 12.4. The van der Waals surface area contributed by atoms with E-state index >= 15 is 0 Å². The van der Waals surface area contributed by atoms with Gasteiger partial charge in [0, 0.05) is 22.6 Å². The van der Waals surface area contributed by atoms with E-state index in [1.54, 1.807) is 0 Å². The van der Waals surface area contributed by atoms with Crippen LogP contribution in [-0.2, 0) is 13.0 Å². The van der Waals surface area contributed by atoms with E-state index in [9.17, 15) is 0 Å². The van der Waals surface area contributed by atoms with Crippen molar-refractivity contribution in [3.63, 3.8) is 0 Å². The Balaban J connectivity index is 1.90. The van der Waals surface area contributed by atoms with Gasteiger partial charge in [-0.05, 0) is 61.2 Å². The summed E-state index contributed by atoms with van der Waals surface area (Å²) in [6, 6.07) is 14.4. The van der Waals surface area contributed by atoms with Crippen LogP contribution in [0.2, 0.25) is 10.0 Å². The Morgan fingerprint density at radius 1 is 1.05 bits per heavy atom. The molecule has 1 atom stereocenters. The topological polar surface area (TPSA) is 12.0 Å². The molecule has 0 spiro atoms. The molecule has 1 unspecified atom stereocenters. The van der Waals surface area contributed by atoms with Crippen LogP contribution in [0.3, 0.4) is 0 Å². The smallest absolute Gasteiger partial charge is 0.0408 e. The Kier molecular flexibility index (Phi) is 5.47. The maximum absolute atomic E-state index is 6.00. The number of halogens is 2. The van der Waals surface area contributed by atoms with Crippen molar-refractivity contribution in [2.24, 2.45) is 0 Å². The van der Waals surface area contributed by atoms with Crippen molar-refractivity contribution >= 4 is 23.2 Å². The van der Waals surface area contributed by atoms with Crippen LogP contribution in [0.15, 0.2) is 42.5 Å². The predicted molar refractivity (Wildman–Crippen MR) is 87.6 cm³/mol. The number of aryl methyl sites for hydroxylation is 1. The fraction of sp³-hybridized carbons (Fsp3) is 0.294. The van der Waals surface area contributed by atoms with Gasteiger partial charge in [0.1, 0.15) is 0 Å². The molecule has 0 saturated carbocycles. The molecule has 1 N–H and O–H groups in total. The highest BCUT2D eigenvalue weighted by atomic mass is 35.5. The summed E-state index contributed by atoms with van der Waals surface area (Å²) in [6.45, 7) is 5.13. The quantitative estimate of drug-likeness (QED) is 0.817. The summed E-state index contributed by atoms with van der Waals surface area (Å²) in [7, 11) is 0. The van der Waals surface area contributed by atoms with Crippen molar-refractivity contribution in [1.29, 1.82) is 0 Å². The van der Waals surface area contributed by atoms with Gasteiger partial charge < -0.3 is 5.32 Å². The molecule has 0 heterocycles. The van der Waals surface area contributed by atoms with E-state index in [1.807, 2.05) is 30.3 Å². The summed E-state index contributed by atoms with van der Waals surface area (Å²) in [5.74, 6) is 0. The maximum atomic E-state index is 6.00. The Bertz CT molecular complexity index is 581. The zero-order valence-electron chi connectivity index (χ0n) is 11.8. The van der Waals surface area contributed by atoms with Gasteiger partial charge in [0.15, 0.2) is 0 Å². The second-order valence-corrected chi connectivity index (χ2v) is 6.06. The lowest BCUT2D eigenvalue weighted by Gasteiger charge is -2.15. The summed E-state index contributed by atoms with van der Waals surface area (Å²) in [4.78, 5) is 0. The van der Waals surface area contributed by atoms with Gasteiger partial charge in [0.2, 0.25) is 0 Å². The lowest BCUT2D eigenvalue weighted by molar-refractivity contribution is 0.544. The Hall–Kier alpha value is -1.02. The van der Waals surface area contributed by atoms with E-state index in [0.717, 1.165) is 23.0 Å². The van der Waals surface area contributed by atoms with E-state index < -0.39 is 0 Å². The second-order valence-electron chi connectivity index (χ2n) is 5.19. The molecule has 0 bridgehead atoms. The molecular formula is C17H19Cl2N. The number of benzene rings is 2. The SMILES string of the molecule is Cc1cc(Cl)ccc1CNC(C)Cc1cccc(Cl)c1. The van der Waals surface area contributed by atoms with E-state index in [1.165, 1.54) is 16.7 Å². The third-order valence-corrected chi connectivity index (χ3v) is 3.85. The highest BCUT2D eigenvalue weighted by molar-refractivity contribution is 6.30. The highest BCUT2D eigenvalue weighted by Crippen LogP contribution is 2.16. The van der Waals surface area contributed by atoms with Crippen molar-refractivity contribution < 1.29 is 0 Å². The third kappa shape index (κ3) is 4.52. The largest absolute Gasteiger partial charge is 0.310 e. The zero-order chi connectivity index (χ0) is 14.5. The van der Waals surface area contributed by atoms with Crippen LogP contribution in [0.4, 0.5) is 0 Å². The minimum atomic E-state index is 0.392. The molecular weight excluding hydrogens is 289 g/mol. The monoisotopic (exact) mass is 307 g/mol. The van der Waals surface area contributed by atoms with E-state index in [4.69, 9.17) is 23.2 Å². The Morgan fingerprint density at radius 3 is 2.50 bits per heavy atom.